The van der Waals surface area contributed by atoms with Gasteiger partial charge in [-0.15, -0.1) is 0 Å². The molecule has 6 unspecified atom stereocenters. The smallest absolute Gasteiger partial charge is 0.312 e. The van der Waals surface area contributed by atoms with Crippen molar-refractivity contribution in [1.82, 2.24) is 0 Å². The summed E-state index contributed by atoms with van der Waals surface area (Å²) in [6.07, 6.45) is 5.38. The van der Waals surface area contributed by atoms with Gasteiger partial charge in [-0.05, 0) is 68.8 Å². The topological polar surface area (TPSA) is 35.5 Å². The van der Waals surface area contributed by atoms with Crippen LogP contribution in [0.25, 0.3) is 0 Å². The van der Waals surface area contributed by atoms with Gasteiger partial charge in [0.15, 0.2) is 0 Å². The van der Waals surface area contributed by atoms with Gasteiger partial charge in [-0.2, -0.15) is 0 Å². The van der Waals surface area contributed by atoms with Crippen molar-refractivity contribution in [3.8, 4) is 0 Å². The zero-order valence-electron chi connectivity index (χ0n) is 15.3. The highest BCUT2D eigenvalue weighted by Gasteiger charge is 2.63. The first-order valence-electron chi connectivity index (χ1n) is 9.37. The average molecular weight is 341 g/mol. The monoisotopic (exact) mass is 340 g/mol. The van der Waals surface area contributed by atoms with Crippen molar-refractivity contribution in [3.63, 3.8) is 0 Å². The molecule has 0 aromatic heterocycles. The van der Waals surface area contributed by atoms with Crippen LogP contribution in [-0.2, 0) is 13.7 Å². The van der Waals surface area contributed by atoms with Crippen LogP contribution in [0.4, 0.5) is 0 Å². The summed E-state index contributed by atoms with van der Waals surface area (Å²) >= 11 is 1.71. The van der Waals surface area contributed by atoms with Gasteiger partial charge in [-0.3, -0.25) is 4.79 Å². The van der Waals surface area contributed by atoms with Gasteiger partial charge in [0.1, 0.15) is 6.10 Å². The lowest BCUT2D eigenvalue weighted by Gasteiger charge is -2.47. The fraction of sp³-hybridized carbons (Fsp3) is 0.947. The van der Waals surface area contributed by atoms with Crippen LogP contribution < -0.4 is 0 Å². The molecule has 3 nitrogen and oxygen atoms in total. The molecular formula is C19H32O3S. The highest BCUT2D eigenvalue weighted by atomic mass is 32.2. The van der Waals surface area contributed by atoms with E-state index in [4.69, 9.17) is 8.92 Å². The van der Waals surface area contributed by atoms with Gasteiger partial charge in [-0.25, -0.2) is 0 Å². The van der Waals surface area contributed by atoms with E-state index in [1.807, 2.05) is 0 Å². The Hall–Kier alpha value is -0.220. The first-order chi connectivity index (χ1) is 10.8. The maximum Gasteiger partial charge on any atom is 0.312 e. The maximum absolute atomic E-state index is 12.9. The van der Waals surface area contributed by atoms with Crippen LogP contribution >= 0.6 is 12.0 Å². The molecule has 0 aromatic carbocycles. The molecule has 2 bridgehead atoms. The van der Waals surface area contributed by atoms with Crippen molar-refractivity contribution in [2.24, 2.45) is 29.1 Å². The molecule has 0 aromatic rings. The number of esters is 1. The summed E-state index contributed by atoms with van der Waals surface area (Å²) in [4.78, 5) is 12.9. The van der Waals surface area contributed by atoms with Gasteiger partial charge in [0.05, 0.1) is 12.0 Å². The van der Waals surface area contributed by atoms with Gasteiger partial charge >= 0.3 is 5.97 Å². The summed E-state index contributed by atoms with van der Waals surface area (Å²) in [6, 6.07) is 0. The zero-order chi connectivity index (χ0) is 16.8. The second-order valence-corrected chi connectivity index (χ2v) is 9.85. The molecule has 2 aliphatic carbocycles. The third-order valence-corrected chi connectivity index (χ3v) is 8.05. The van der Waals surface area contributed by atoms with E-state index in [9.17, 15) is 4.79 Å². The SMILES string of the molecule is CCC(C)(CC(C)C)C(=O)OC1C2CC3C1COSC3(CC)C2. The molecule has 0 N–H and O–H groups in total. The third kappa shape index (κ3) is 2.84. The number of ether oxygens (including phenoxy) is 1. The third-order valence-electron chi connectivity index (χ3n) is 6.70. The molecule has 0 amide bonds. The minimum absolute atomic E-state index is 0.0200. The lowest BCUT2D eigenvalue weighted by atomic mass is 9.76. The van der Waals surface area contributed by atoms with Gasteiger partial charge in [0, 0.05) is 10.7 Å². The Bertz CT molecular complexity index is 466. The van der Waals surface area contributed by atoms with Crippen molar-refractivity contribution in [1.29, 1.82) is 0 Å². The number of hydrogen-bond acceptors (Lipinski definition) is 4. The van der Waals surface area contributed by atoms with Crippen LogP contribution in [-0.4, -0.2) is 23.4 Å². The van der Waals surface area contributed by atoms with Crippen LogP contribution in [0.15, 0.2) is 0 Å². The average Bonchev–Trinajstić information content (AvgIpc) is 3.05. The summed E-state index contributed by atoms with van der Waals surface area (Å²) < 4.78 is 12.3. The molecule has 2 saturated carbocycles. The van der Waals surface area contributed by atoms with E-state index in [0.29, 0.717) is 28.4 Å². The van der Waals surface area contributed by atoms with E-state index >= 15 is 0 Å². The van der Waals surface area contributed by atoms with E-state index in [1.165, 1.54) is 6.42 Å². The van der Waals surface area contributed by atoms with Crippen molar-refractivity contribution in [2.45, 2.75) is 77.6 Å². The van der Waals surface area contributed by atoms with Crippen molar-refractivity contribution in [2.75, 3.05) is 6.61 Å². The van der Waals surface area contributed by atoms with Gasteiger partial charge in [0.2, 0.25) is 0 Å². The molecule has 3 fully saturated rings. The Kier molecular flexibility index (Phi) is 4.78. The lowest BCUT2D eigenvalue weighted by molar-refractivity contribution is -0.169. The fourth-order valence-electron chi connectivity index (χ4n) is 5.34. The van der Waals surface area contributed by atoms with Gasteiger partial charge in [0.25, 0.3) is 0 Å². The van der Waals surface area contributed by atoms with Crippen LogP contribution in [0.5, 0.6) is 0 Å². The zero-order valence-corrected chi connectivity index (χ0v) is 16.1. The molecule has 23 heavy (non-hydrogen) atoms. The number of rotatable bonds is 6. The summed E-state index contributed by atoms with van der Waals surface area (Å²) in [5.41, 5.74) is -0.345. The Morgan fingerprint density at radius 3 is 2.78 bits per heavy atom. The second kappa shape index (κ2) is 6.25. The Labute approximate surface area is 145 Å². The highest BCUT2D eigenvalue weighted by Crippen LogP contribution is 2.64. The second-order valence-electron chi connectivity index (χ2n) is 8.64. The summed E-state index contributed by atoms with van der Waals surface area (Å²) in [5, 5.41) is 0. The van der Waals surface area contributed by atoms with Crippen molar-refractivity contribution < 1.29 is 13.7 Å². The number of carbonyl (C=O) groups excluding carboxylic acids is 1. The van der Waals surface area contributed by atoms with E-state index < -0.39 is 0 Å². The van der Waals surface area contributed by atoms with Crippen molar-refractivity contribution >= 4 is 18.0 Å². The van der Waals surface area contributed by atoms with Crippen LogP contribution in [0, 0.1) is 29.1 Å². The van der Waals surface area contributed by atoms with Crippen LogP contribution in [0.2, 0.25) is 0 Å². The maximum atomic E-state index is 12.9. The highest BCUT2D eigenvalue weighted by molar-refractivity contribution is 7.96. The Morgan fingerprint density at radius 1 is 1.43 bits per heavy atom. The molecule has 4 heteroatoms. The van der Waals surface area contributed by atoms with Crippen LogP contribution in [0.3, 0.4) is 0 Å². The molecule has 0 spiro atoms. The molecule has 132 valence electrons. The number of hydrogen-bond donors (Lipinski definition) is 0. The first-order valence-corrected chi connectivity index (χ1v) is 10.1. The van der Waals surface area contributed by atoms with E-state index in [0.717, 1.165) is 32.3 Å². The Morgan fingerprint density at radius 2 is 2.17 bits per heavy atom. The summed E-state index contributed by atoms with van der Waals surface area (Å²) in [7, 11) is 0. The van der Waals surface area contributed by atoms with E-state index in [2.05, 4.69) is 34.6 Å². The fourth-order valence-corrected chi connectivity index (χ4v) is 6.59. The predicted octanol–water partition coefficient (Wildman–Crippen LogP) is 4.84. The summed E-state index contributed by atoms with van der Waals surface area (Å²) in [6.45, 7) is 11.6. The standard InChI is InChI=1S/C19H32O3S/c1-6-18(5,9-12(3)4)17(20)22-16-13-8-15-14(16)11-21-23-19(15,7-2)10-13/h12-16H,6-11H2,1-5H3. The molecule has 1 heterocycles. The molecule has 1 saturated heterocycles. The van der Waals surface area contributed by atoms with Crippen LogP contribution in [0.1, 0.15) is 66.7 Å². The van der Waals surface area contributed by atoms with Crippen molar-refractivity contribution in [3.05, 3.63) is 0 Å². The first kappa shape index (κ1) is 17.6. The predicted molar refractivity (Wildman–Crippen MR) is 94.0 cm³/mol. The quantitative estimate of drug-likeness (QED) is 0.512. The molecule has 3 rings (SSSR count). The number of carbonyl (C=O) groups is 1. The molecule has 6 atom stereocenters. The minimum atomic E-state index is -0.345. The molecule has 1 aliphatic heterocycles. The number of fused-ring (bicyclic) bond motifs is 1. The molecule has 0 radical (unpaired) electrons. The van der Waals surface area contributed by atoms with E-state index in [1.54, 1.807) is 12.0 Å². The lowest BCUT2D eigenvalue weighted by Crippen LogP contribution is -2.49. The van der Waals surface area contributed by atoms with Gasteiger partial charge < -0.3 is 8.92 Å². The summed E-state index contributed by atoms with van der Waals surface area (Å²) in [5.74, 6) is 2.16. The van der Waals surface area contributed by atoms with E-state index in [-0.39, 0.29) is 17.5 Å². The normalized spacial score (nSPS) is 41.1. The molecule has 3 aliphatic rings. The largest absolute Gasteiger partial charge is 0.461 e. The van der Waals surface area contributed by atoms with Gasteiger partial charge in [-0.1, -0.05) is 27.7 Å². The minimum Gasteiger partial charge on any atom is -0.461 e. The molecular weight excluding hydrogens is 308 g/mol. The Balaban J connectivity index is 1.71.